The number of nitrogens with zero attached hydrogens (tertiary/aromatic N) is 1. The minimum atomic E-state index is -0.476. The van der Waals surface area contributed by atoms with Crippen LogP contribution in [-0.2, 0) is 11.3 Å². The first-order valence-corrected chi connectivity index (χ1v) is 10.4. The summed E-state index contributed by atoms with van der Waals surface area (Å²) in [6.07, 6.45) is 0.483. The van der Waals surface area contributed by atoms with Gasteiger partial charge in [-0.15, -0.1) is 0 Å². The van der Waals surface area contributed by atoms with E-state index in [0.29, 0.717) is 18.0 Å². The van der Waals surface area contributed by atoms with Crippen LogP contribution in [0.25, 0.3) is 0 Å². The lowest BCUT2D eigenvalue weighted by molar-refractivity contribution is 0.0525. The number of para-hydroxylation sites is 2. The number of amides is 1. The Morgan fingerprint density at radius 2 is 1.80 bits per heavy atom. The van der Waals surface area contributed by atoms with Crippen molar-refractivity contribution in [2.24, 2.45) is 0 Å². The smallest absolute Gasteiger partial charge is 0.407 e. The molecule has 1 N–H and O–H groups in total. The number of carbonyl (C=O) groups is 1. The number of nitrogens with one attached hydrogen (secondary N) is 1. The van der Waals surface area contributed by atoms with Crippen LogP contribution in [0.3, 0.4) is 0 Å². The Bertz CT molecular complexity index is 802. The summed E-state index contributed by atoms with van der Waals surface area (Å²) in [6, 6.07) is 15.7. The summed E-state index contributed by atoms with van der Waals surface area (Å²) in [4.78, 5) is 14.1. The first kappa shape index (κ1) is 23.5. The molecular weight excluding hydrogens is 380 g/mol. The second kappa shape index (κ2) is 11.5. The zero-order valence-corrected chi connectivity index (χ0v) is 18.7. The van der Waals surface area contributed by atoms with Crippen molar-refractivity contribution in [3.63, 3.8) is 0 Å². The van der Waals surface area contributed by atoms with E-state index in [1.807, 2.05) is 63.2 Å². The molecule has 0 unspecified atom stereocenters. The maximum absolute atomic E-state index is 11.7. The van der Waals surface area contributed by atoms with Crippen LogP contribution in [0.4, 0.5) is 4.79 Å². The topological polar surface area (TPSA) is 60.0 Å². The molecule has 1 amide bonds. The van der Waals surface area contributed by atoms with Crippen LogP contribution in [0.15, 0.2) is 48.5 Å². The number of benzene rings is 2. The van der Waals surface area contributed by atoms with Crippen LogP contribution < -0.4 is 14.8 Å². The fourth-order valence-electron chi connectivity index (χ4n) is 2.95. The second-order valence-corrected chi connectivity index (χ2v) is 8.05. The highest BCUT2D eigenvalue weighted by Crippen LogP contribution is 2.31. The quantitative estimate of drug-likeness (QED) is 0.540. The molecule has 0 fully saturated rings. The van der Waals surface area contributed by atoms with Gasteiger partial charge < -0.3 is 19.5 Å². The van der Waals surface area contributed by atoms with Gasteiger partial charge in [-0.05, 0) is 63.6 Å². The molecule has 0 aliphatic carbocycles. The third kappa shape index (κ3) is 8.33. The highest BCUT2D eigenvalue weighted by Gasteiger charge is 2.15. The van der Waals surface area contributed by atoms with Gasteiger partial charge in [0.05, 0.1) is 7.11 Å². The number of carbonyl (C=O) groups excluding carboxylic acids is 1. The molecular formula is C24H34N2O4. The molecule has 6 heteroatoms. The Hall–Kier alpha value is -2.73. The van der Waals surface area contributed by atoms with Crippen molar-refractivity contribution in [3.8, 4) is 17.2 Å². The fourth-order valence-corrected chi connectivity index (χ4v) is 2.95. The van der Waals surface area contributed by atoms with E-state index < -0.39 is 5.60 Å². The molecule has 164 valence electrons. The highest BCUT2D eigenvalue weighted by molar-refractivity contribution is 5.67. The van der Waals surface area contributed by atoms with Crippen molar-refractivity contribution >= 4 is 6.09 Å². The Morgan fingerprint density at radius 3 is 2.47 bits per heavy atom. The lowest BCUT2D eigenvalue weighted by Gasteiger charge is -2.22. The van der Waals surface area contributed by atoms with E-state index in [4.69, 9.17) is 14.2 Å². The maximum atomic E-state index is 11.7. The van der Waals surface area contributed by atoms with Gasteiger partial charge in [-0.25, -0.2) is 4.79 Å². The van der Waals surface area contributed by atoms with Crippen LogP contribution in [0.2, 0.25) is 0 Å². The number of methoxy groups -OCH3 is 1. The molecule has 0 aliphatic heterocycles. The number of rotatable bonds is 10. The monoisotopic (exact) mass is 414 g/mol. The molecule has 2 rings (SSSR count). The molecule has 0 heterocycles. The van der Waals surface area contributed by atoms with Crippen molar-refractivity contribution < 1.29 is 19.0 Å². The van der Waals surface area contributed by atoms with E-state index in [-0.39, 0.29) is 6.09 Å². The van der Waals surface area contributed by atoms with Crippen LogP contribution >= 0.6 is 0 Å². The predicted octanol–water partition coefficient (Wildman–Crippen LogP) is 5.22. The molecule has 2 aromatic carbocycles. The minimum absolute atomic E-state index is 0.369. The molecule has 0 spiro atoms. The van der Waals surface area contributed by atoms with Gasteiger partial charge in [0.2, 0.25) is 0 Å². The summed E-state index contributed by atoms with van der Waals surface area (Å²) < 4.78 is 16.6. The van der Waals surface area contributed by atoms with Gasteiger partial charge in [-0.2, -0.15) is 0 Å². The average Bonchev–Trinajstić information content (AvgIpc) is 2.69. The molecule has 0 radical (unpaired) electrons. The number of hydrogen-bond donors (Lipinski definition) is 1. The van der Waals surface area contributed by atoms with Crippen LogP contribution in [0.1, 0.15) is 39.7 Å². The first-order valence-electron chi connectivity index (χ1n) is 10.4. The standard InChI is InChI=1S/C24H34N2O4/c1-6-26(16-10-15-25-23(27)30-24(2,3)4)18-19-11-9-12-20(17-19)29-22-14-8-7-13-21(22)28-5/h7-9,11-14,17H,6,10,15-16,18H2,1-5H3,(H,25,27). The van der Waals surface area contributed by atoms with E-state index >= 15 is 0 Å². The van der Waals surface area contributed by atoms with Gasteiger partial charge in [0.15, 0.2) is 11.5 Å². The van der Waals surface area contributed by atoms with Crippen molar-refractivity contribution in [2.45, 2.75) is 46.3 Å². The Morgan fingerprint density at radius 1 is 1.07 bits per heavy atom. The van der Waals surface area contributed by atoms with Crippen molar-refractivity contribution in [1.29, 1.82) is 0 Å². The average molecular weight is 415 g/mol. The van der Waals surface area contributed by atoms with Gasteiger partial charge in [-0.1, -0.05) is 31.2 Å². The summed E-state index contributed by atoms with van der Waals surface area (Å²) in [7, 11) is 1.63. The zero-order chi connectivity index (χ0) is 22.0. The van der Waals surface area contributed by atoms with Gasteiger partial charge in [-0.3, -0.25) is 4.90 Å². The summed E-state index contributed by atoms with van der Waals surface area (Å²) >= 11 is 0. The molecule has 0 atom stereocenters. The van der Waals surface area contributed by atoms with Crippen LogP contribution in [0.5, 0.6) is 17.2 Å². The molecule has 0 saturated carbocycles. The Kier molecular flexibility index (Phi) is 8.99. The fraction of sp³-hybridized carbons (Fsp3) is 0.458. The zero-order valence-electron chi connectivity index (χ0n) is 18.7. The van der Waals surface area contributed by atoms with Gasteiger partial charge in [0.25, 0.3) is 0 Å². The van der Waals surface area contributed by atoms with Gasteiger partial charge in [0, 0.05) is 19.6 Å². The lowest BCUT2D eigenvalue weighted by Crippen LogP contribution is -2.34. The molecule has 2 aromatic rings. The van der Waals surface area contributed by atoms with Gasteiger partial charge in [0.1, 0.15) is 11.4 Å². The van der Waals surface area contributed by atoms with Crippen molar-refractivity contribution in [1.82, 2.24) is 10.2 Å². The van der Waals surface area contributed by atoms with E-state index in [1.54, 1.807) is 7.11 Å². The second-order valence-electron chi connectivity index (χ2n) is 8.05. The van der Waals surface area contributed by atoms with Crippen molar-refractivity contribution in [2.75, 3.05) is 26.7 Å². The summed E-state index contributed by atoms with van der Waals surface area (Å²) in [5.74, 6) is 2.17. The summed E-state index contributed by atoms with van der Waals surface area (Å²) in [5, 5.41) is 2.81. The first-order chi connectivity index (χ1) is 14.3. The predicted molar refractivity (Wildman–Crippen MR) is 119 cm³/mol. The highest BCUT2D eigenvalue weighted by atomic mass is 16.6. The maximum Gasteiger partial charge on any atom is 0.407 e. The van der Waals surface area contributed by atoms with E-state index in [2.05, 4.69) is 23.2 Å². The number of hydrogen-bond acceptors (Lipinski definition) is 5. The lowest BCUT2D eigenvalue weighted by atomic mass is 10.2. The minimum Gasteiger partial charge on any atom is -0.493 e. The van der Waals surface area contributed by atoms with Gasteiger partial charge >= 0.3 is 6.09 Å². The van der Waals surface area contributed by atoms with Crippen LogP contribution in [0, 0.1) is 0 Å². The molecule has 0 aliphatic rings. The normalized spacial score (nSPS) is 11.3. The number of ether oxygens (including phenoxy) is 3. The number of alkyl carbamates (subject to hydrolysis) is 1. The van der Waals surface area contributed by atoms with E-state index in [1.165, 1.54) is 5.56 Å². The third-order valence-electron chi connectivity index (χ3n) is 4.37. The SMILES string of the molecule is CCN(CCCNC(=O)OC(C)(C)C)Cc1cccc(Oc2ccccc2OC)c1. The Labute approximate surface area is 180 Å². The molecule has 0 bridgehead atoms. The Balaban J connectivity index is 1.85. The molecule has 0 aromatic heterocycles. The third-order valence-corrected chi connectivity index (χ3v) is 4.37. The molecule has 6 nitrogen and oxygen atoms in total. The summed E-state index contributed by atoms with van der Waals surface area (Å²) in [6.45, 7) is 10.9. The molecule has 30 heavy (non-hydrogen) atoms. The van der Waals surface area contributed by atoms with Crippen molar-refractivity contribution in [3.05, 3.63) is 54.1 Å². The summed E-state index contributed by atoms with van der Waals surface area (Å²) in [5.41, 5.74) is 0.695. The van der Waals surface area contributed by atoms with E-state index in [0.717, 1.165) is 31.8 Å². The van der Waals surface area contributed by atoms with E-state index in [9.17, 15) is 4.79 Å². The molecule has 0 saturated heterocycles. The van der Waals surface area contributed by atoms with Crippen LogP contribution in [-0.4, -0.2) is 43.3 Å². The largest absolute Gasteiger partial charge is 0.493 e.